The van der Waals surface area contributed by atoms with Gasteiger partial charge >= 0.3 is 0 Å². The van der Waals surface area contributed by atoms with E-state index >= 15 is 0 Å². The smallest absolute Gasteiger partial charge is 0.254 e. The van der Waals surface area contributed by atoms with E-state index in [9.17, 15) is 4.79 Å². The van der Waals surface area contributed by atoms with Crippen molar-refractivity contribution in [1.82, 2.24) is 10.2 Å². The molecule has 1 aliphatic heterocycles. The maximum Gasteiger partial charge on any atom is 0.254 e. The number of hydrogen-bond donors (Lipinski definition) is 1. The van der Waals surface area contributed by atoms with Crippen LogP contribution in [-0.2, 0) is 0 Å². The van der Waals surface area contributed by atoms with Crippen molar-refractivity contribution in [1.29, 1.82) is 0 Å². The van der Waals surface area contributed by atoms with Crippen LogP contribution in [0.25, 0.3) is 0 Å². The number of piperazine rings is 1. The van der Waals surface area contributed by atoms with Crippen LogP contribution in [0.3, 0.4) is 0 Å². The molecule has 1 heterocycles. The highest BCUT2D eigenvalue weighted by atomic mass is 16.5. The van der Waals surface area contributed by atoms with Gasteiger partial charge in [-0.05, 0) is 45.9 Å². The maximum atomic E-state index is 12.7. The van der Waals surface area contributed by atoms with Crippen LogP contribution in [0.2, 0.25) is 0 Å². The number of carbonyl (C=O) groups excluding carboxylic acids is 1. The van der Waals surface area contributed by atoms with Gasteiger partial charge in [-0.2, -0.15) is 0 Å². The molecule has 0 spiro atoms. The summed E-state index contributed by atoms with van der Waals surface area (Å²) in [4.78, 5) is 14.7. The summed E-state index contributed by atoms with van der Waals surface area (Å²) in [5, 5.41) is 3.34. The molecule has 0 aliphatic carbocycles. The van der Waals surface area contributed by atoms with Crippen molar-refractivity contribution >= 4 is 5.91 Å². The number of amides is 1. The molecule has 0 saturated carbocycles. The van der Waals surface area contributed by atoms with E-state index in [2.05, 4.69) is 19.2 Å². The van der Waals surface area contributed by atoms with Crippen LogP contribution in [0.1, 0.15) is 38.1 Å². The Balaban J connectivity index is 2.19. The summed E-state index contributed by atoms with van der Waals surface area (Å²) < 4.78 is 5.66. The Hall–Kier alpha value is -1.55. The molecule has 2 atom stereocenters. The second-order valence-corrected chi connectivity index (χ2v) is 5.76. The van der Waals surface area contributed by atoms with Crippen molar-refractivity contribution in [2.24, 2.45) is 0 Å². The van der Waals surface area contributed by atoms with Crippen LogP contribution >= 0.6 is 0 Å². The fourth-order valence-corrected chi connectivity index (χ4v) is 2.66. The highest BCUT2D eigenvalue weighted by molar-refractivity contribution is 5.95. The summed E-state index contributed by atoms with van der Waals surface area (Å²) in [6, 6.07) is 7.88. The maximum absolute atomic E-state index is 12.7. The molecule has 1 N–H and O–H groups in total. The first-order chi connectivity index (χ1) is 9.49. The van der Waals surface area contributed by atoms with Crippen LogP contribution in [0, 0.1) is 0 Å². The fraction of sp³-hybridized carbons (Fsp3) is 0.562. The van der Waals surface area contributed by atoms with Gasteiger partial charge in [0.25, 0.3) is 5.91 Å². The van der Waals surface area contributed by atoms with Crippen molar-refractivity contribution in [2.45, 2.75) is 45.9 Å². The van der Waals surface area contributed by atoms with Crippen LogP contribution in [-0.4, -0.2) is 42.1 Å². The van der Waals surface area contributed by atoms with Crippen molar-refractivity contribution < 1.29 is 9.53 Å². The number of hydrogen-bond acceptors (Lipinski definition) is 3. The van der Waals surface area contributed by atoms with Gasteiger partial charge in [0, 0.05) is 30.7 Å². The Morgan fingerprint density at radius 2 is 1.95 bits per heavy atom. The van der Waals surface area contributed by atoms with E-state index in [4.69, 9.17) is 4.74 Å². The van der Waals surface area contributed by atoms with Gasteiger partial charge < -0.3 is 15.0 Å². The van der Waals surface area contributed by atoms with Crippen molar-refractivity contribution in [2.75, 3.05) is 13.1 Å². The van der Waals surface area contributed by atoms with E-state index in [1.54, 1.807) is 0 Å². The third kappa shape index (κ3) is 3.31. The zero-order chi connectivity index (χ0) is 14.7. The van der Waals surface area contributed by atoms with Gasteiger partial charge in [-0.1, -0.05) is 6.07 Å². The molecule has 1 amide bonds. The Morgan fingerprint density at radius 1 is 1.30 bits per heavy atom. The highest BCUT2D eigenvalue weighted by Gasteiger charge is 2.29. The fourth-order valence-electron chi connectivity index (χ4n) is 2.66. The molecule has 0 bridgehead atoms. The normalized spacial score (nSPS) is 22.9. The molecule has 4 heteroatoms. The van der Waals surface area contributed by atoms with Crippen LogP contribution < -0.4 is 10.1 Å². The first-order valence-corrected chi connectivity index (χ1v) is 7.29. The molecule has 1 saturated heterocycles. The van der Waals surface area contributed by atoms with Crippen LogP contribution in [0.4, 0.5) is 0 Å². The summed E-state index contributed by atoms with van der Waals surface area (Å²) in [6.07, 6.45) is 0.109. The van der Waals surface area contributed by atoms with Crippen molar-refractivity contribution in [3.63, 3.8) is 0 Å². The predicted molar refractivity (Wildman–Crippen MR) is 80.2 cm³/mol. The number of carbonyl (C=O) groups is 1. The molecule has 0 aromatic heterocycles. The van der Waals surface area contributed by atoms with E-state index in [-0.39, 0.29) is 24.1 Å². The minimum absolute atomic E-state index is 0.0840. The molecule has 1 fully saturated rings. The van der Waals surface area contributed by atoms with Gasteiger partial charge in [-0.25, -0.2) is 0 Å². The second-order valence-electron chi connectivity index (χ2n) is 5.76. The van der Waals surface area contributed by atoms with Gasteiger partial charge in [0.2, 0.25) is 0 Å². The lowest BCUT2D eigenvalue weighted by molar-refractivity contribution is 0.0544. The standard InChI is InChI=1S/C16H24N2O2/c1-11(2)20-15-7-5-6-14(8-15)16(19)18-12(3)9-17-10-13(18)4/h5-8,11-13,17H,9-10H2,1-4H3. The minimum atomic E-state index is 0.0840. The summed E-state index contributed by atoms with van der Waals surface area (Å²) >= 11 is 0. The molecular formula is C16H24N2O2. The van der Waals surface area contributed by atoms with Crippen LogP contribution in [0.15, 0.2) is 24.3 Å². The Morgan fingerprint density at radius 3 is 2.55 bits per heavy atom. The number of nitrogens with zero attached hydrogens (tertiary/aromatic N) is 1. The summed E-state index contributed by atoms with van der Waals surface area (Å²) in [5.41, 5.74) is 0.698. The molecule has 1 aliphatic rings. The number of rotatable bonds is 3. The van der Waals surface area contributed by atoms with Crippen molar-refractivity contribution in [3.05, 3.63) is 29.8 Å². The molecule has 20 heavy (non-hydrogen) atoms. The largest absolute Gasteiger partial charge is 0.491 e. The molecule has 4 nitrogen and oxygen atoms in total. The lowest BCUT2D eigenvalue weighted by Crippen LogP contribution is -2.57. The molecule has 1 aromatic rings. The van der Waals surface area contributed by atoms with Gasteiger partial charge in [0.05, 0.1) is 6.10 Å². The summed E-state index contributed by atoms with van der Waals surface area (Å²) in [6.45, 7) is 9.81. The molecule has 110 valence electrons. The van der Waals surface area contributed by atoms with Gasteiger partial charge in [0.1, 0.15) is 5.75 Å². The third-order valence-corrected chi connectivity index (χ3v) is 3.52. The topological polar surface area (TPSA) is 41.6 Å². The average molecular weight is 276 g/mol. The number of nitrogens with one attached hydrogen (secondary N) is 1. The SMILES string of the molecule is CC(C)Oc1cccc(C(=O)N2C(C)CNCC2C)c1. The zero-order valence-corrected chi connectivity index (χ0v) is 12.7. The van der Waals surface area contributed by atoms with E-state index in [0.29, 0.717) is 5.56 Å². The second kappa shape index (κ2) is 6.27. The van der Waals surface area contributed by atoms with E-state index in [0.717, 1.165) is 18.8 Å². The first-order valence-electron chi connectivity index (χ1n) is 7.29. The molecule has 0 radical (unpaired) electrons. The minimum Gasteiger partial charge on any atom is -0.491 e. The van der Waals surface area contributed by atoms with Gasteiger partial charge in [-0.3, -0.25) is 4.79 Å². The third-order valence-electron chi connectivity index (χ3n) is 3.52. The molecule has 2 rings (SSSR count). The quantitative estimate of drug-likeness (QED) is 0.921. The van der Waals surface area contributed by atoms with E-state index in [1.165, 1.54) is 0 Å². The summed E-state index contributed by atoms with van der Waals surface area (Å²) in [5.74, 6) is 0.835. The van der Waals surface area contributed by atoms with E-state index in [1.807, 2.05) is 43.0 Å². The lowest BCUT2D eigenvalue weighted by Gasteiger charge is -2.39. The Labute approximate surface area is 121 Å². The van der Waals surface area contributed by atoms with Crippen molar-refractivity contribution in [3.8, 4) is 5.75 Å². The Bertz CT molecular complexity index is 463. The van der Waals surface area contributed by atoms with Gasteiger partial charge in [-0.15, -0.1) is 0 Å². The highest BCUT2D eigenvalue weighted by Crippen LogP contribution is 2.19. The first kappa shape index (κ1) is 14.9. The predicted octanol–water partition coefficient (Wildman–Crippen LogP) is 2.30. The molecule has 1 aromatic carbocycles. The summed E-state index contributed by atoms with van der Waals surface area (Å²) in [7, 11) is 0. The zero-order valence-electron chi connectivity index (χ0n) is 12.7. The number of benzene rings is 1. The van der Waals surface area contributed by atoms with Crippen LogP contribution in [0.5, 0.6) is 5.75 Å². The molecular weight excluding hydrogens is 252 g/mol. The van der Waals surface area contributed by atoms with E-state index < -0.39 is 0 Å². The lowest BCUT2D eigenvalue weighted by atomic mass is 10.1. The van der Waals surface area contributed by atoms with Gasteiger partial charge in [0.15, 0.2) is 0 Å². The number of ether oxygens (including phenoxy) is 1. The average Bonchev–Trinajstić information content (AvgIpc) is 2.38. The molecule has 2 unspecified atom stereocenters. The monoisotopic (exact) mass is 276 g/mol. The Kier molecular flexibility index (Phi) is 4.65.